The summed E-state index contributed by atoms with van der Waals surface area (Å²) in [6, 6.07) is 0.0421. The van der Waals surface area contributed by atoms with E-state index in [1.54, 1.807) is 6.92 Å². The second-order valence-corrected chi connectivity index (χ2v) is 8.66. The van der Waals surface area contributed by atoms with Gasteiger partial charge in [0.05, 0.1) is 24.9 Å². The quantitative estimate of drug-likeness (QED) is 0.117. The molecule has 1 aliphatic rings. The molecule has 11 nitrogen and oxygen atoms in total. The SMILES string of the molecule is C[C@@H](CN(C[C@H](O)[C@@H](O)[C@H](O)CCO)C1CCN(CCN)CC1)[C@@H](O)[C@H](O)[C@H](O)CO. The van der Waals surface area contributed by atoms with Crippen molar-refractivity contribution in [3.8, 4) is 0 Å². The molecule has 0 amide bonds. The van der Waals surface area contributed by atoms with Gasteiger partial charge in [-0.05, 0) is 38.3 Å². The van der Waals surface area contributed by atoms with Gasteiger partial charge in [0.25, 0.3) is 0 Å². The summed E-state index contributed by atoms with van der Waals surface area (Å²) in [6.07, 6.45) is -6.76. The van der Waals surface area contributed by atoms with Crippen LogP contribution in [0.4, 0.5) is 0 Å². The Morgan fingerprint density at radius 1 is 0.871 bits per heavy atom. The highest BCUT2D eigenvalue weighted by atomic mass is 16.4. The smallest absolute Gasteiger partial charge is 0.108 e. The summed E-state index contributed by atoms with van der Waals surface area (Å²) >= 11 is 0. The van der Waals surface area contributed by atoms with Crippen LogP contribution in [0.5, 0.6) is 0 Å². The van der Waals surface area contributed by atoms with E-state index in [-0.39, 0.29) is 32.2 Å². The molecule has 0 bridgehead atoms. The molecule has 0 unspecified atom stereocenters. The number of rotatable bonds is 15. The molecule has 1 heterocycles. The maximum Gasteiger partial charge on any atom is 0.108 e. The number of hydrogen-bond acceptors (Lipinski definition) is 11. The van der Waals surface area contributed by atoms with Gasteiger partial charge in [0, 0.05) is 38.8 Å². The number of aliphatic hydroxyl groups is 8. The Labute approximate surface area is 184 Å². The van der Waals surface area contributed by atoms with Crippen molar-refractivity contribution < 1.29 is 40.9 Å². The minimum absolute atomic E-state index is 0.0287. The summed E-state index contributed by atoms with van der Waals surface area (Å²) in [7, 11) is 0. The largest absolute Gasteiger partial charge is 0.396 e. The first-order valence-corrected chi connectivity index (χ1v) is 11.1. The molecule has 1 aliphatic heterocycles. The highest BCUT2D eigenvalue weighted by molar-refractivity contribution is 4.88. The lowest BCUT2D eigenvalue weighted by Gasteiger charge is -2.42. The summed E-state index contributed by atoms with van der Waals surface area (Å²) in [6.45, 7) is 3.97. The molecule has 0 aromatic carbocycles. The second-order valence-electron chi connectivity index (χ2n) is 8.66. The van der Waals surface area contributed by atoms with Crippen LogP contribution in [0.1, 0.15) is 26.2 Å². The molecule has 1 rings (SSSR count). The molecule has 31 heavy (non-hydrogen) atoms. The van der Waals surface area contributed by atoms with Gasteiger partial charge in [-0.25, -0.2) is 0 Å². The number of nitrogens with zero attached hydrogens (tertiary/aromatic N) is 2. The first-order valence-electron chi connectivity index (χ1n) is 11.1. The lowest BCUT2D eigenvalue weighted by Crippen LogP contribution is -2.54. The van der Waals surface area contributed by atoms with Crippen molar-refractivity contribution in [2.24, 2.45) is 11.7 Å². The molecule has 0 aromatic rings. The molecule has 1 fully saturated rings. The van der Waals surface area contributed by atoms with Gasteiger partial charge in [0.1, 0.15) is 18.3 Å². The van der Waals surface area contributed by atoms with Crippen LogP contribution in [0.25, 0.3) is 0 Å². The van der Waals surface area contributed by atoms with Crippen molar-refractivity contribution >= 4 is 0 Å². The molecule has 0 aliphatic carbocycles. The maximum atomic E-state index is 10.5. The third-order valence-corrected chi connectivity index (χ3v) is 6.19. The van der Waals surface area contributed by atoms with Crippen molar-refractivity contribution in [3.63, 3.8) is 0 Å². The van der Waals surface area contributed by atoms with Gasteiger partial charge >= 0.3 is 0 Å². The predicted molar refractivity (Wildman–Crippen MR) is 114 cm³/mol. The van der Waals surface area contributed by atoms with Gasteiger partial charge in [-0.1, -0.05) is 6.92 Å². The van der Waals surface area contributed by atoms with E-state index >= 15 is 0 Å². The van der Waals surface area contributed by atoms with Gasteiger partial charge < -0.3 is 51.5 Å². The second kappa shape index (κ2) is 14.7. The van der Waals surface area contributed by atoms with E-state index in [0.717, 1.165) is 32.5 Å². The van der Waals surface area contributed by atoms with Gasteiger partial charge in [-0.3, -0.25) is 4.90 Å². The number of aliphatic hydroxyl groups excluding tert-OH is 8. The fourth-order valence-corrected chi connectivity index (χ4v) is 4.12. The molecular weight excluding hydrogens is 410 g/mol. The molecule has 10 N–H and O–H groups in total. The van der Waals surface area contributed by atoms with Crippen LogP contribution < -0.4 is 5.73 Å². The highest BCUT2D eigenvalue weighted by Gasteiger charge is 2.34. The third kappa shape index (κ3) is 9.14. The van der Waals surface area contributed by atoms with E-state index in [1.807, 2.05) is 4.90 Å². The summed E-state index contributed by atoms with van der Waals surface area (Å²) in [5, 5.41) is 78.6. The zero-order chi connectivity index (χ0) is 23.6. The minimum Gasteiger partial charge on any atom is -0.396 e. The molecule has 0 aromatic heterocycles. The zero-order valence-electron chi connectivity index (χ0n) is 18.4. The van der Waals surface area contributed by atoms with E-state index in [9.17, 15) is 30.6 Å². The van der Waals surface area contributed by atoms with Gasteiger partial charge in [-0.2, -0.15) is 0 Å². The maximum absolute atomic E-state index is 10.5. The van der Waals surface area contributed by atoms with E-state index in [2.05, 4.69) is 4.90 Å². The highest BCUT2D eigenvalue weighted by Crippen LogP contribution is 2.21. The Balaban J connectivity index is 2.85. The number of nitrogens with two attached hydrogens (primary N) is 1. The lowest BCUT2D eigenvalue weighted by molar-refractivity contribution is -0.104. The molecule has 11 heteroatoms. The van der Waals surface area contributed by atoms with Crippen molar-refractivity contribution in [2.75, 3.05) is 52.5 Å². The molecule has 186 valence electrons. The van der Waals surface area contributed by atoms with E-state index in [1.165, 1.54) is 0 Å². The van der Waals surface area contributed by atoms with Crippen molar-refractivity contribution in [1.82, 2.24) is 9.80 Å². The van der Waals surface area contributed by atoms with Gasteiger partial charge in [0.2, 0.25) is 0 Å². The van der Waals surface area contributed by atoms with Crippen LogP contribution in [0, 0.1) is 5.92 Å². The standard InChI is InChI=1S/C20H43N3O8/c1-13(18(29)20(31)17(28)12-25)10-23(11-16(27)19(30)15(26)4-9-24)14-2-6-22(7-3-14)8-5-21/h13-20,24-31H,2-12,21H2,1H3/t13-,15+,16-,17+,18+,19-,20+/m0/s1. The van der Waals surface area contributed by atoms with Crippen molar-refractivity contribution in [3.05, 3.63) is 0 Å². The van der Waals surface area contributed by atoms with E-state index in [0.29, 0.717) is 6.54 Å². The summed E-state index contributed by atoms with van der Waals surface area (Å²) in [5.41, 5.74) is 5.63. The predicted octanol–water partition coefficient (Wildman–Crippen LogP) is -4.11. The van der Waals surface area contributed by atoms with Crippen LogP contribution in [0.3, 0.4) is 0 Å². The van der Waals surface area contributed by atoms with E-state index < -0.39 is 49.1 Å². The van der Waals surface area contributed by atoms with Crippen LogP contribution in [0.2, 0.25) is 0 Å². The third-order valence-electron chi connectivity index (χ3n) is 6.19. The summed E-state index contributed by atoms with van der Waals surface area (Å²) in [5.74, 6) is -0.509. The normalized spacial score (nSPS) is 23.3. The summed E-state index contributed by atoms with van der Waals surface area (Å²) < 4.78 is 0. The van der Waals surface area contributed by atoms with Gasteiger partial charge in [0.15, 0.2) is 0 Å². The zero-order valence-corrected chi connectivity index (χ0v) is 18.4. The van der Waals surface area contributed by atoms with E-state index in [4.69, 9.17) is 15.9 Å². The fraction of sp³-hybridized carbons (Fsp3) is 1.00. The van der Waals surface area contributed by atoms with Crippen LogP contribution in [-0.4, -0.2) is 146 Å². The van der Waals surface area contributed by atoms with Crippen LogP contribution >= 0.6 is 0 Å². The monoisotopic (exact) mass is 453 g/mol. The van der Waals surface area contributed by atoms with Gasteiger partial charge in [-0.15, -0.1) is 0 Å². The number of piperidine rings is 1. The average molecular weight is 454 g/mol. The first-order chi connectivity index (χ1) is 14.7. The Morgan fingerprint density at radius 3 is 2.00 bits per heavy atom. The lowest BCUT2D eigenvalue weighted by atomic mass is 9.93. The van der Waals surface area contributed by atoms with Crippen molar-refractivity contribution in [2.45, 2.75) is 68.9 Å². The van der Waals surface area contributed by atoms with Crippen molar-refractivity contribution in [1.29, 1.82) is 0 Å². The Morgan fingerprint density at radius 2 is 1.48 bits per heavy atom. The topological polar surface area (TPSA) is 194 Å². The Bertz CT molecular complexity index is 470. The molecule has 7 atom stereocenters. The average Bonchev–Trinajstić information content (AvgIpc) is 2.77. The van der Waals surface area contributed by atoms with Crippen LogP contribution in [-0.2, 0) is 0 Å². The molecule has 1 saturated heterocycles. The number of likely N-dealkylation sites (tertiary alicyclic amines) is 1. The Kier molecular flexibility index (Phi) is 13.5. The number of hydrogen-bond donors (Lipinski definition) is 9. The first kappa shape index (κ1) is 28.6. The molecule has 0 saturated carbocycles. The molecule has 0 radical (unpaired) electrons. The van der Waals surface area contributed by atoms with Crippen LogP contribution in [0.15, 0.2) is 0 Å². The summed E-state index contributed by atoms with van der Waals surface area (Å²) in [4.78, 5) is 4.16. The molecular formula is C20H43N3O8. The molecule has 0 spiro atoms. The Hall–Kier alpha value is -0.440. The minimum atomic E-state index is -1.52. The fourth-order valence-electron chi connectivity index (χ4n) is 4.12.